The number of nitrogens with zero attached hydrogens (tertiary/aromatic N) is 4. The third kappa shape index (κ3) is 4.09. The summed E-state index contributed by atoms with van der Waals surface area (Å²) in [6, 6.07) is 0. The Morgan fingerprint density at radius 2 is 1.96 bits per heavy atom. The van der Waals surface area contributed by atoms with Crippen molar-refractivity contribution in [2.45, 2.75) is 40.4 Å². The fraction of sp³-hybridized carbons (Fsp3) is 0.412. The number of imidazole rings is 1. The lowest BCUT2D eigenvalue weighted by molar-refractivity contribution is 0.0509. The molecule has 0 aliphatic heterocycles. The molecule has 2 aromatic heterocycles. The maximum Gasteiger partial charge on any atom is 0.375 e. The van der Waals surface area contributed by atoms with Gasteiger partial charge in [-0.2, -0.15) is 0 Å². The topological polar surface area (TPSA) is 69.9 Å². The van der Waals surface area contributed by atoms with E-state index < -0.39 is 14.0 Å². The lowest BCUT2D eigenvalue weighted by atomic mass is 10.3. The average molecular weight is 342 g/mol. The molecule has 2 rings (SSSR count). The molecule has 0 aliphatic carbocycles. The van der Waals surface area contributed by atoms with Crippen molar-refractivity contribution < 1.29 is 9.53 Å². The zero-order valence-electron chi connectivity index (χ0n) is 15.0. The molecule has 0 radical (unpaired) electrons. The molecule has 2 aromatic rings. The van der Waals surface area contributed by atoms with E-state index in [1.165, 1.54) is 0 Å². The van der Waals surface area contributed by atoms with Gasteiger partial charge in [-0.25, -0.2) is 14.8 Å². The van der Waals surface area contributed by atoms with Gasteiger partial charge in [0.2, 0.25) is 5.82 Å². The summed E-state index contributed by atoms with van der Waals surface area (Å²) in [4.78, 5) is 25.3. The molecule has 0 atom stereocenters. The maximum absolute atomic E-state index is 12.3. The molecule has 0 aromatic carbocycles. The van der Waals surface area contributed by atoms with Crippen LogP contribution in [0.2, 0.25) is 19.6 Å². The Morgan fingerprint density at radius 1 is 1.25 bits per heavy atom. The number of rotatable bonds is 3. The molecule has 6 nitrogen and oxygen atoms in total. The third-order valence-corrected chi connectivity index (χ3v) is 3.99. The van der Waals surface area contributed by atoms with Crippen LogP contribution in [0, 0.1) is 25.3 Å². The SMILES string of the molecule is CCOC(=O)c1nc(C#C[Si](C)(C)C)c(C)n1-c1cnc(C)cn1. The van der Waals surface area contributed by atoms with Crippen LogP contribution >= 0.6 is 0 Å². The van der Waals surface area contributed by atoms with Crippen LogP contribution in [0.3, 0.4) is 0 Å². The van der Waals surface area contributed by atoms with Crippen LogP contribution in [0.1, 0.15) is 34.6 Å². The van der Waals surface area contributed by atoms with Crippen molar-refractivity contribution in [3.63, 3.8) is 0 Å². The van der Waals surface area contributed by atoms with Crippen molar-refractivity contribution in [3.05, 3.63) is 35.3 Å². The molecule has 7 heteroatoms. The molecule has 0 unspecified atom stereocenters. The van der Waals surface area contributed by atoms with Crippen molar-refractivity contribution in [1.29, 1.82) is 0 Å². The van der Waals surface area contributed by atoms with Gasteiger partial charge in [0, 0.05) is 0 Å². The third-order valence-electron chi connectivity index (χ3n) is 3.12. The van der Waals surface area contributed by atoms with Crippen LogP contribution in [0.15, 0.2) is 12.4 Å². The van der Waals surface area contributed by atoms with Crippen LogP contribution in [0.5, 0.6) is 0 Å². The number of ether oxygens (including phenoxy) is 1. The normalized spacial score (nSPS) is 10.9. The number of aryl methyl sites for hydroxylation is 1. The molecule has 0 aliphatic rings. The van der Waals surface area contributed by atoms with Gasteiger partial charge in [-0.15, -0.1) is 5.54 Å². The predicted molar refractivity (Wildman–Crippen MR) is 94.8 cm³/mol. The van der Waals surface area contributed by atoms with E-state index in [0.29, 0.717) is 11.5 Å². The second-order valence-electron chi connectivity index (χ2n) is 6.44. The fourth-order valence-electron chi connectivity index (χ4n) is 1.98. The van der Waals surface area contributed by atoms with Crippen molar-refractivity contribution in [2.24, 2.45) is 0 Å². The molecular weight excluding hydrogens is 320 g/mol. The van der Waals surface area contributed by atoms with Crippen molar-refractivity contribution >= 4 is 14.0 Å². The number of hydrogen-bond donors (Lipinski definition) is 0. The van der Waals surface area contributed by atoms with E-state index in [1.54, 1.807) is 23.9 Å². The van der Waals surface area contributed by atoms with Gasteiger partial charge >= 0.3 is 5.97 Å². The number of carbonyl (C=O) groups excluding carboxylic acids is 1. The summed E-state index contributed by atoms with van der Waals surface area (Å²) in [5, 5.41) is 0. The number of carbonyl (C=O) groups is 1. The highest BCUT2D eigenvalue weighted by molar-refractivity contribution is 6.83. The second-order valence-corrected chi connectivity index (χ2v) is 11.2. The largest absolute Gasteiger partial charge is 0.460 e. The lowest BCUT2D eigenvalue weighted by Gasteiger charge is -2.08. The first kappa shape index (κ1) is 17.9. The maximum atomic E-state index is 12.3. The molecule has 24 heavy (non-hydrogen) atoms. The molecule has 0 amide bonds. The lowest BCUT2D eigenvalue weighted by Crippen LogP contribution is -2.16. The summed E-state index contributed by atoms with van der Waals surface area (Å²) in [7, 11) is -1.55. The van der Waals surface area contributed by atoms with E-state index in [4.69, 9.17) is 4.74 Å². The van der Waals surface area contributed by atoms with Gasteiger partial charge in [0.25, 0.3) is 0 Å². The molecule has 0 fully saturated rings. The van der Waals surface area contributed by atoms with Gasteiger partial charge in [-0.1, -0.05) is 25.6 Å². The Bertz CT molecular complexity index is 808. The standard InChI is InChI=1S/C17H22N4O2Si/c1-7-23-17(22)16-20-14(8-9-24(4,5)6)13(3)21(16)15-11-18-12(2)10-19-15/h10-11H,7H2,1-6H3. The van der Waals surface area contributed by atoms with E-state index in [-0.39, 0.29) is 12.4 Å². The van der Waals surface area contributed by atoms with Crippen LogP contribution in [-0.2, 0) is 4.74 Å². The minimum Gasteiger partial charge on any atom is -0.460 e. The fourth-order valence-corrected chi connectivity index (χ4v) is 2.47. The Kier molecular flexibility index (Phi) is 5.19. The summed E-state index contributed by atoms with van der Waals surface area (Å²) >= 11 is 0. The van der Waals surface area contributed by atoms with E-state index in [2.05, 4.69) is 46.1 Å². The van der Waals surface area contributed by atoms with E-state index >= 15 is 0 Å². The Morgan fingerprint density at radius 3 is 2.50 bits per heavy atom. The number of hydrogen-bond acceptors (Lipinski definition) is 5. The van der Waals surface area contributed by atoms with Crippen LogP contribution in [0.4, 0.5) is 0 Å². The summed E-state index contributed by atoms with van der Waals surface area (Å²) in [5.41, 5.74) is 5.40. The molecule has 0 N–H and O–H groups in total. The van der Waals surface area contributed by atoms with Gasteiger partial charge < -0.3 is 4.74 Å². The monoisotopic (exact) mass is 342 g/mol. The Hall–Kier alpha value is -2.46. The van der Waals surface area contributed by atoms with E-state index in [1.807, 2.05) is 13.8 Å². The van der Waals surface area contributed by atoms with Gasteiger partial charge in [0.15, 0.2) is 5.82 Å². The van der Waals surface area contributed by atoms with E-state index in [0.717, 1.165) is 11.4 Å². The highest BCUT2D eigenvalue weighted by atomic mass is 28.3. The molecule has 126 valence electrons. The average Bonchev–Trinajstić information content (AvgIpc) is 2.83. The highest BCUT2D eigenvalue weighted by Gasteiger charge is 2.22. The van der Waals surface area contributed by atoms with Crippen LogP contribution in [0.25, 0.3) is 5.82 Å². The minimum atomic E-state index is -1.55. The second kappa shape index (κ2) is 6.97. The zero-order valence-corrected chi connectivity index (χ0v) is 16.0. The predicted octanol–water partition coefficient (Wildman–Crippen LogP) is 2.68. The van der Waals surface area contributed by atoms with Crippen molar-refractivity contribution in [2.75, 3.05) is 6.61 Å². The van der Waals surface area contributed by atoms with Crippen LogP contribution in [-0.4, -0.2) is 40.2 Å². The quantitative estimate of drug-likeness (QED) is 0.487. The minimum absolute atomic E-state index is 0.173. The van der Waals surface area contributed by atoms with Crippen LogP contribution < -0.4 is 0 Å². The number of esters is 1. The molecule has 2 heterocycles. The first-order chi connectivity index (χ1) is 11.2. The summed E-state index contributed by atoms with van der Waals surface area (Å²) in [5.74, 6) is 3.32. The number of aromatic nitrogens is 4. The van der Waals surface area contributed by atoms with Crippen molar-refractivity contribution in [3.8, 4) is 17.3 Å². The summed E-state index contributed by atoms with van der Waals surface area (Å²) in [6.07, 6.45) is 3.26. The Balaban J connectivity index is 2.61. The summed E-state index contributed by atoms with van der Waals surface area (Å²) in [6.45, 7) is 12.2. The van der Waals surface area contributed by atoms with Crippen molar-refractivity contribution in [1.82, 2.24) is 19.5 Å². The highest BCUT2D eigenvalue weighted by Crippen LogP contribution is 2.17. The smallest absolute Gasteiger partial charge is 0.375 e. The Labute approximate surface area is 143 Å². The molecular formula is C17H22N4O2Si. The van der Waals surface area contributed by atoms with Gasteiger partial charge in [-0.3, -0.25) is 9.55 Å². The first-order valence-corrected chi connectivity index (χ1v) is 11.3. The zero-order chi connectivity index (χ0) is 17.9. The first-order valence-electron chi connectivity index (χ1n) is 7.81. The van der Waals surface area contributed by atoms with Gasteiger partial charge in [0.1, 0.15) is 13.8 Å². The molecule has 0 spiro atoms. The summed E-state index contributed by atoms with van der Waals surface area (Å²) < 4.78 is 6.77. The van der Waals surface area contributed by atoms with Gasteiger partial charge in [0.05, 0.1) is 30.4 Å². The molecule has 0 bridgehead atoms. The molecule has 0 saturated carbocycles. The van der Waals surface area contributed by atoms with Gasteiger partial charge in [-0.05, 0) is 20.8 Å². The van der Waals surface area contributed by atoms with E-state index in [9.17, 15) is 4.79 Å². The molecule has 0 saturated heterocycles.